The highest BCUT2D eigenvalue weighted by molar-refractivity contribution is 5.86. The molecular formula is C16H30N2O3. The lowest BCUT2D eigenvalue weighted by atomic mass is 9.89. The van der Waals surface area contributed by atoms with Crippen LogP contribution in [0.4, 0.5) is 0 Å². The molecule has 5 nitrogen and oxygen atoms in total. The van der Waals surface area contributed by atoms with Crippen LogP contribution >= 0.6 is 0 Å². The Labute approximate surface area is 128 Å². The van der Waals surface area contributed by atoms with E-state index >= 15 is 0 Å². The van der Waals surface area contributed by atoms with Gasteiger partial charge >= 0.3 is 0 Å². The van der Waals surface area contributed by atoms with E-state index in [9.17, 15) is 9.90 Å². The SMILES string of the molecule is COCCN1CCCC(O)(CN(C)C2CCCCC2)C1=O. The number of rotatable bonds is 6. The maximum Gasteiger partial charge on any atom is 0.255 e. The molecule has 5 heteroatoms. The molecule has 1 unspecified atom stereocenters. The van der Waals surface area contributed by atoms with Crippen LogP contribution in [-0.2, 0) is 9.53 Å². The highest BCUT2D eigenvalue weighted by atomic mass is 16.5. The maximum atomic E-state index is 12.6. The minimum absolute atomic E-state index is 0.117. The quantitative estimate of drug-likeness (QED) is 0.802. The lowest BCUT2D eigenvalue weighted by molar-refractivity contribution is -0.160. The molecule has 0 spiro atoms. The number of ether oxygens (including phenoxy) is 1. The Kier molecular flexibility index (Phi) is 6.02. The van der Waals surface area contributed by atoms with E-state index in [1.165, 1.54) is 32.1 Å². The summed E-state index contributed by atoms with van der Waals surface area (Å²) >= 11 is 0. The molecule has 122 valence electrons. The monoisotopic (exact) mass is 298 g/mol. The summed E-state index contributed by atoms with van der Waals surface area (Å²) in [6.07, 6.45) is 7.67. The summed E-state index contributed by atoms with van der Waals surface area (Å²) < 4.78 is 5.05. The van der Waals surface area contributed by atoms with Gasteiger partial charge in [0.05, 0.1) is 6.61 Å². The van der Waals surface area contributed by atoms with Crippen molar-refractivity contribution < 1.29 is 14.6 Å². The number of amides is 1. The molecule has 1 aliphatic carbocycles. The molecule has 0 bridgehead atoms. The number of likely N-dealkylation sites (N-methyl/N-ethyl adjacent to an activating group) is 1. The maximum absolute atomic E-state index is 12.6. The van der Waals surface area contributed by atoms with Crippen LogP contribution in [0.2, 0.25) is 0 Å². The van der Waals surface area contributed by atoms with E-state index in [2.05, 4.69) is 11.9 Å². The van der Waals surface area contributed by atoms with Gasteiger partial charge in [0.2, 0.25) is 0 Å². The molecule has 21 heavy (non-hydrogen) atoms. The van der Waals surface area contributed by atoms with E-state index in [0.717, 1.165) is 13.0 Å². The fourth-order valence-corrected chi connectivity index (χ4v) is 3.69. The lowest BCUT2D eigenvalue weighted by Gasteiger charge is -2.42. The Bertz CT molecular complexity index is 344. The summed E-state index contributed by atoms with van der Waals surface area (Å²) in [5.74, 6) is -0.117. The normalized spacial score (nSPS) is 28.4. The summed E-state index contributed by atoms with van der Waals surface area (Å²) in [5, 5.41) is 10.8. The van der Waals surface area contributed by atoms with Crippen LogP contribution < -0.4 is 0 Å². The fourth-order valence-electron chi connectivity index (χ4n) is 3.69. The van der Waals surface area contributed by atoms with Crippen LogP contribution in [0.1, 0.15) is 44.9 Å². The first-order chi connectivity index (χ1) is 10.1. The Morgan fingerprint density at radius 3 is 2.71 bits per heavy atom. The molecule has 2 rings (SSSR count). The van der Waals surface area contributed by atoms with Crippen molar-refractivity contribution in [2.45, 2.75) is 56.6 Å². The molecule has 1 atom stereocenters. The number of hydrogen-bond acceptors (Lipinski definition) is 4. The van der Waals surface area contributed by atoms with E-state index in [1.807, 2.05) is 0 Å². The number of nitrogens with zero attached hydrogens (tertiary/aromatic N) is 2. The molecule has 0 aromatic carbocycles. The zero-order valence-electron chi connectivity index (χ0n) is 13.5. The van der Waals surface area contributed by atoms with E-state index in [0.29, 0.717) is 32.2 Å². The van der Waals surface area contributed by atoms with Gasteiger partial charge in [0, 0.05) is 32.8 Å². The summed E-state index contributed by atoms with van der Waals surface area (Å²) in [7, 11) is 3.69. The molecule has 1 saturated carbocycles. The molecule has 0 aromatic rings. The first-order valence-electron chi connectivity index (χ1n) is 8.28. The molecule has 2 aliphatic rings. The van der Waals surface area contributed by atoms with Crippen LogP contribution in [0, 0.1) is 0 Å². The second-order valence-corrected chi connectivity index (χ2v) is 6.63. The van der Waals surface area contributed by atoms with Gasteiger partial charge in [0.1, 0.15) is 0 Å². The predicted octanol–water partition coefficient (Wildman–Crippen LogP) is 1.25. The Hall–Kier alpha value is -0.650. The standard InChI is InChI=1S/C16H30N2O3/c1-17(14-7-4-3-5-8-14)13-16(20)9-6-10-18(15(16)19)11-12-21-2/h14,20H,3-13H2,1-2H3. The second kappa shape index (κ2) is 7.56. The van der Waals surface area contributed by atoms with Crippen LogP contribution in [0.3, 0.4) is 0 Å². The number of carbonyl (C=O) groups excluding carboxylic acids is 1. The van der Waals surface area contributed by atoms with Gasteiger partial charge in [-0.05, 0) is 32.7 Å². The van der Waals surface area contributed by atoms with Gasteiger partial charge in [0.15, 0.2) is 5.60 Å². The number of aliphatic hydroxyl groups is 1. The predicted molar refractivity (Wildman–Crippen MR) is 82.1 cm³/mol. The second-order valence-electron chi connectivity index (χ2n) is 6.63. The van der Waals surface area contributed by atoms with Crippen molar-refractivity contribution in [3.63, 3.8) is 0 Å². The van der Waals surface area contributed by atoms with Gasteiger partial charge in [-0.2, -0.15) is 0 Å². The molecule has 0 aromatic heterocycles. The summed E-state index contributed by atoms with van der Waals surface area (Å²) in [4.78, 5) is 16.5. The molecular weight excluding hydrogens is 268 g/mol. The van der Waals surface area contributed by atoms with Crippen molar-refractivity contribution in [3.05, 3.63) is 0 Å². The zero-order chi connectivity index (χ0) is 15.3. The van der Waals surface area contributed by atoms with Gasteiger partial charge in [-0.15, -0.1) is 0 Å². The molecule has 0 radical (unpaired) electrons. The average Bonchev–Trinajstić information content (AvgIpc) is 2.50. The van der Waals surface area contributed by atoms with E-state index < -0.39 is 5.60 Å². The fraction of sp³-hybridized carbons (Fsp3) is 0.938. The van der Waals surface area contributed by atoms with Crippen LogP contribution in [0.5, 0.6) is 0 Å². The van der Waals surface area contributed by atoms with Gasteiger partial charge in [0.25, 0.3) is 5.91 Å². The Morgan fingerprint density at radius 1 is 1.33 bits per heavy atom. The van der Waals surface area contributed by atoms with Crippen molar-refractivity contribution in [1.29, 1.82) is 0 Å². The van der Waals surface area contributed by atoms with E-state index in [1.54, 1.807) is 12.0 Å². The topological polar surface area (TPSA) is 53.0 Å². The Balaban J connectivity index is 1.93. The summed E-state index contributed by atoms with van der Waals surface area (Å²) in [5.41, 5.74) is -1.21. The van der Waals surface area contributed by atoms with Crippen molar-refractivity contribution in [2.24, 2.45) is 0 Å². The third-order valence-corrected chi connectivity index (χ3v) is 4.98. The minimum atomic E-state index is -1.21. The Morgan fingerprint density at radius 2 is 2.05 bits per heavy atom. The van der Waals surface area contributed by atoms with Gasteiger partial charge in [-0.25, -0.2) is 0 Å². The van der Waals surface area contributed by atoms with Crippen molar-refractivity contribution in [2.75, 3.05) is 40.4 Å². The molecule has 1 heterocycles. The molecule has 1 amide bonds. The number of methoxy groups -OCH3 is 1. The van der Waals surface area contributed by atoms with Crippen LogP contribution in [0.25, 0.3) is 0 Å². The third-order valence-electron chi connectivity index (χ3n) is 4.98. The largest absolute Gasteiger partial charge is 0.383 e. The molecule has 2 fully saturated rings. The van der Waals surface area contributed by atoms with Crippen molar-refractivity contribution >= 4 is 5.91 Å². The first-order valence-corrected chi connectivity index (χ1v) is 8.28. The number of likely N-dealkylation sites (tertiary alicyclic amines) is 1. The van der Waals surface area contributed by atoms with Gasteiger partial charge in [-0.1, -0.05) is 19.3 Å². The highest BCUT2D eigenvalue weighted by Crippen LogP contribution is 2.27. The van der Waals surface area contributed by atoms with Crippen LogP contribution in [-0.4, -0.2) is 72.9 Å². The minimum Gasteiger partial charge on any atom is -0.383 e. The molecule has 1 aliphatic heterocycles. The number of piperidine rings is 1. The summed E-state index contributed by atoms with van der Waals surface area (Å²) in [6, 6.07) is 0.518. The van der Waals surface area contributed by atoms with Crippen molar-refractivity contribution in [3.8, 4) is 0 Å². The van der Waals surface area contributed by atoms with Crippen molar-refractivity contribution in [1.82, 2.24) is 9.80 Å². The smallest absolute Gasteiger partial charge is 0.255 e. The molecule has 1 N–H and O–H groups in total. The average molecular weight is 298 g/mol. The van der Waals surface area contributed by atoms with Gasteiger partial charge < -0.3 is 19.6 Å². The van der Waals surface area contributed by atoms with Crippen LogP contribution in [0.15, 0.2) is 0 Å². The lowest BCUT2D eigenvalue weighted by Crippen LogP contribution is -2.59. The zero-order valence-corrected chi connectivity index (χ0v) is 13.5. The third kappa shape index (κ3) is 4.18. The number of carbonyl (C=O) groups is 1. The van der Waals surface area contributed by atoms with E-state index in [4.69, 9.17) is 4.74 Å². The van der Waals surface area contributed by atoms with E-state index in [-0.39, 0.29) is 5.91 Å². The first kappa shape index (κ1) is 16.7. The number of hydrogen-bond donors (Lipinski definition) is 1. The van der Waals surface area contributed by atoms with Gasteiger partial charge in [-0.3, -0.25) is 4.79 Å². The summed E-state index contributed by atoms with van der Waals surface area (Å²) in [6.45, 7) is 2.29. The highest BCUT2D eigenvalue weighted by Gasteiger charge is 2.43. The molecule has 1 saturated heterocycles.